The van der Waals surface area contributed by atoms with Crippen LogP contribution in [0.1, 0.15) is 5.76 Å². The van der Waals surface area contributed by atoms with Crippen molar-refractivity contribution in [1.82, 2.24) is 9.66 Å². The summed E-state index contributed by atoms with van der Waals surface area (Å²) in [7, 11) is 0. The average molecular weight is 466 g/mol. The van der Waals surface area contributed by atoms with Gasteiger partial charge in [-0.1, -0.05) is 54.1 Å². The second-order valence-electron chi connectivity index (χ2n) is 7.67. The lowest BCUT2D eigenvalue weighted by Crippen LogP contribution is -2.20. The Morgan fingerprint density at radius 1 is 0.853 bits per heavy atom. The summed E-state index contributed by atoms with van der Waals surface area (Å²) in [5, 5.41) is 6.42. The molecule has 34 heavy (non-hydrogen) atoms. The molecule has 3 aromatic heterocycles. The first-order valence-electron chi connectivity index (χ1n) is 10.6. The highest BCUT2D eigenvalue weighted by Crippen LogP contribution is 2.27. The van der Waals surface area contributed by atoms with Crippen molar-refractivity contribution in [3.8, 4) is 22.9 Å². The number of halogens is 1. The lowest BCUT2D eigenvalue weighted by Gasteiger charge is -2.06. The number of benzene rings is 3. The van der Waals surface area contributed by atoms with E-state index in [-0.39, 0.29) is 5.56 Å². The molecule has 3 aromatic carbocycles. The number of furan rings is 2. The van der Waals surface area contributed by atoms with Crippen LogP contribution in [-0.4, -0.2) is 15.9 Å². The molecule has 6 aromatic rings. The van der Waals surface area contributed by atoms with Crippen LogP contribution in [0.15, 0.2) is 110 Å². The van der Waals surface area contributed by atoms with Gasteiger partial charge in [0.25, 0.3) is 5.56 Å². The topological polar surface area (TPSA) is 73.5 Å². The van der Waals surface area contributed by atoms with Crippen molar-refractivity contribution in [3.63, 3.8) is 0 Å². The van der Waals surface area contributed by atoms with Gasteiger partial charge in [0.15, 0.2) is 5.76 Å². The molecule has 0 N–H and O–H groups in total. The van der Waals surface area contributed by atoms with Gasteiger partial charge < -0.3 is 8.83 Å². The van der Waals surface area contributed by atoms with E-state index in [2.05, 4.69) is 10.1 Å². The van der Waals surface area contributed by atoms with Crippen molar-refractivity contribution in [3.05, 3.63) is 112 Å². The molecular weight excluding hydrogens is 450 g/mol. The maximum Gasteiger partial charge on any atom is 0.282 e. The molecule has 0 atom stereocenters. The summed E-state index contributed by atoms with van der Waals surface area (Å²) < 4.78 is 13.1. The summed E-state index contributed by atoms with van der Waals surface area (Å²) in [5.74, 6) is 1.87. The molecule has 0 saturated carbocycles. The standard InChI is InChI=1S/C27H16ClN3O3/c28-19-8-5-7-17(14-19)24-13-12-20(33-24)16-29-31-26(25-15-18-6-1-4-11-23(18)34-25)30-22-10-3-2-9-21(22)27(31)32/h1-16H. The molecule has 0 aliphatic carbocycles. The van der Waals surface area contributed by atoms with Crippen molar-refractivity contribution in [1.29, 1.82) is 0 Å². The van der Waals surface area contributed by atoms with E-state index in [4.69, 9.17) is 20.4 Å². The number of hydrogen-bond acceptors (Lipinski definition) is 5. The highest BCUT2D eigenvalue weighted by Gasteiger charge is 2.16. The fourth-order valence-electron chi connectivity index (χ4n) is 3.82. The zero-order valence-electron chi connectivity index (χ0n) is 17.7. The molecular formula is C27H16ClN3O3. The minimum Gasteiger partial charge on any atom is -0.455 e. The Bertz CT molecular complexity index is 1730. The minimum absolute atomic E-state index is 0.303. The lowest BCUT2D eigenvalue weighted by molar-refractivity contribution is 0.573. The number of para-hydroxylation sites is 2. The van der Waals surface area contributed by atoms with Crippen LogP contribution in [0.5, 0.6) is 0 Å². The predicted molar refractivity (Wildman–Crippen MR) is 133 cm³/mol. The van der Waals surface area contributed by atoms with E-state index in [0.29, 0.717) is 44.6 Å². The molecule has 0 radical (unpaired) electrons. The molecule has 0 saturated heterocycles. The summed E-state index contributed by atoms with van der Waals surface area (Å²) in [5.41, 5.74) is 1.81. The molecule has 0 aliphatic heterocycles. The van der Waals surface area contributed by atoms with Crippen molar-refractivity contribution in [2.75, 3.05) is 0 Å². The second kappa shape index (κ2) is 8.17. The molecule has 6 nitrogen and oxygen atoms in total. The largest absolute Gasteiger partial charge is 0.455 e. The van der Waals surface area contributed by atoms with Crippen LogP contribution in [0.4, 0.5) is 0 Å². The number of fused-ring (bicyclic) bond motifs is 2. The maximum absolute atomic E-state index is 13.3. The maximum atomic E-state index is 13.3. The van der Waals surface area contributed by atoms with Gasteiger partial charge in [-0.25, -0.2) is 4.98 Å². The van der Waals surface area contributed by atoms with Gasteiger partial charge >= 0.3 is 0 Å². The molecule has 6 rings (SSSR count). The van der Waals surface area contributed by atoms with Crippen LogP contribution in [0.3, 0.4) is 0 Å². The monoisotopic (exact) mass is 465 g/mol. The number of nitrogens with zero attached hydrogens (tertiary/aromatic N) is 3. The van der Waals surface area contributed by atoms with E-state index >= 15 is 0 Å². The van der Waals surface area contributed by atoms with Gasteiger partial charge in [0.05, 0.1) is 17.1 Å². The predicted octanol–water partition coefficient (Wildman–Crippen LogP) is 6.61. The van der Waals surface area contributed by atoms with Crippen LogP contribution >= 0.6 is 11.6 Å². The number of hydrogen-bond donors (Lipinski definition) is 0. The molecule has 3 heterocycles. The summed E-state index contributed by atoms with van der Waals surface area (Å²) >= 11 is 6.09. The molecule has 0 amide bonds. The first-order chi connectivity index (χ1) is 16.7. The third-order valence-electron chi connectivity index (χ3n) is 5.44. The third-order valence-corrected chi connectivity index (χ3v) is 5.67. The van der Waals surface area contributed by atoms with Crippen LogP contribution < -0.4 is 5.56 Å². The molecule has 0 unspecified atom stereocenters. The molecule has 0 spiro atoms. The first-order valence-corrected chi connectivity index (χ1v) is 10.9. The van der Waals surface area contributed by atoms with Crippen molar-refractivity contribution >= 4 is 39.7 Å². The third kappa shape index (κ3) is 3.60. The zero-order chi connectivity index (χ0) is 23.1. The van der Waals surface area contributed by atoms with Crippen LogP contribution in [0, 0.1) is 0 Å². The van der Waals surface area contributed by atoms with Gasteiger partial charge in [-0.2, -0.15) is 9.78 Å². The number of rotatable bonds is 4. The van der Waals surface area contributed by atoms with E-state index in [1.54, 1.807) is 30.3 Å². The van der Waals surface area contributed by atoms with Gasteiger partial charge in [0.1, 0.15) is 17.1 Å². The Morgan fingerprint density at radius 2 is 1.71 bits per heavy atom. The normalized spacial score (nSPS) is 11.7. The van der Waals surface area contributed by atoms with Gasteiger partial charge in [-0.15, -0.1) is 0 Å². The van der Waals surface area contributed by atoms with Crippen molar-refractivity contribution in [2.24, 2.45) is 5.10 Å². The van der Waals surface area contributed by atoms with E-state index in [0.717, 1.165) is 10.9 Å². The Kier molecular flexibility index (Phi) is 4.86. The van der Waals surface area contributed by atoms with Crippen molar-refractivity contribution in [2.45, 2.75) is 0 Å². The Labute approximate surface area is 198 Å². The molecule has 0 aliphatic rings. The van der Waals surface area contributed by atoms with Gasteiger partial charge in [-0.05, 0) is 48.5 Å². The Balaban J connectivity index is 1.47. The zero-order valence-corrected chi connectivity index (χ0v) is 18.4. The van der Waals surface area contributed by atoms with Crippen LogP contribution in [-0.2, 0) is 0 Å². The fraction of sp³-hybridized carbons (Fsp3) is 0. The summed E-state index contributed by atoms with van der Waals surface area (Å²) in [6, 6.07) is 27.6. The fourth-order valence-corrected chi connectivity index (χ4v) is 4.01. The summed E-state index contributed by atoms with van der Waals surface area (Å²) in [6.45, 7) is 0. The van der Waals surface area contributed by atoms with Crippen LogP contribution in [0.2, 0.25) is 5.02 Å². The summed E-state index contributed by atoms with van der Waals surface area (Å²) in [4.78, 5) is 18.0. The molecule has 0 bridgehead atoms. The Morgan fingerprint density at radius 3 is 2.59 bits per heavy atom. The van der Waals surface area contributed by atoms with Crippen LogP contribution in [0.25, 0.3) is 44.8 Å². The molecule has 7 heteroatoms. The van der Waals surface area contributed by atoms with Gasteiger partial charge in [-0.3, -0.25) is 4.79 Å². The minimum atomic E-state index is -0.307. The van der Waals surface area contributed by atoms with E-state index in [1.165, 1.54) is 10.9 Å². The quantitative estimate of drug-likeness (QED) is 0.275. The van der Waals surface area contributed by atoms with Gasteiger partial charge in [0.2, 0.25) is 5.82 Å². The summed E-state index contributed by atoms with van der Waals surface area (Å²) in [6.07, 6.45) is 1.48. The lowest BCUT2D eigenvalue weighted by atomic mass is 10.2. The smallest absolute Gasteiger partial charge is 0.282 e. The van der Waals surface area contributed by atoms with E-state index < -0.39 is 0 Å². The highest BCUT2D eigenvalue weighted by atomic mass is 35.5. The average Bonchev–Trinajstić information content (AvgIpc) is 3.51. The molecule has 0 fully saturated rings. The van der Waals surface area contributed by atoms with Gasteiger partial charge in [0, 0.05) is 16.0 Å². The Hall–Kier alpha value is -4.42. The number of aromatic nitrogens is 2. The second-order valence-corrected chi connectivity index (χ2v) is 8.11. The highest BCUT2D eigenvalue weighted by molar-refractivity contribution is 6.30. The van der Waals surface area contributed by atoms with E-state index in [1.807, 2.05) is 60.7 Å². The van der Waals surface area contributed by atoms with Crippen molar-refractivity contribution < 1.29 is 8.83 Å². The SMILES string of the molecule is O=c1c2ccccc2nc(-c2cc3ccccc3o2)n1N=Cc1ccc(-c2cccc(Cl)c2)o1. The molecule has 164 valence electrons. The van der Waals surface area contributed by atoms with E-state index in [9.17, 15) is 4.79 Å². The first kappa shape index (κ1) is 20.2.